The molecule has 48 heavy (non-hydrogen) atoms. The third-order valence-electron chi connectivity index (χ3n) is 9.83. The molecule has 10 rings (SSSR count). The zero-order chi connectivity index (χ0) is 31.6. The van der Waals surface area contributed by atoms with Gasteiger partial charge in [-0.2, -0.15) is 0 Å². The Morgan fingerprint density at radius 3 is 1.54 bits per heavy atom. The molecule has 0 bridgehead atoms. The fraction of sp³-hybridized carbons (Fsp3) is 0. The zero-order valence-electron chi connectivity index (χ0n) is 26.1. The fourth-order valence-electron chi connectivity index (χ4n) is 7.60. The molecule has 9 aromatic carbocycles. The van der Waals surface area contributed by atoms with Crippen molar-refractivity contribution in [3.8, 4) is 11.1 Å². The Bertz CT molecular complexity index is 2800. The van der Waals surface area contributed by atoms with Crippen molar-refractivity contribution in [1.29, 1.82) is 0 Å². The van der Waals surface area contributed by atoms with Crippen LogP contribution in [-0.2, 0) is 0 Å². The van der Waals surface area contributed by atoms with Crippen LogP contribution in [0.4, 0.5) is 17.1 Å². The highest BCUT2D eigenvalue weighted by Crippen LogP contribution is 2.43. The number of benzene rings is 9. The van der Waals surface area contributed by atoms with Crippen LogP contribution in [-0.4, -0.2) is 0 Å². The Balaban J connectivity index is 1.20. The van der Waals surface area contributed by atoms with Crippen molar-refractivity contribution in [1.82, 2.24) is 0 Å². The summed E-state index contributed by atoms with van der Waals surface area (Å²) in [5, 5.41) is 12.8. The molecule has 0 fully saturated rings. The van der Waals surface area contributed by atoms with Crippen LogP contribution < -0.4 is 4.90 Å². The molecule has 0 aliphatic rings. The van der Waals surface area contributed by atoms with Gasteiger partial charge in [0.2, 0.25) is 0 Å². The van der Waals surface area contributed by atoms with E-state index in [0.717, 1.165) is 17.1 Å². The van der Waals surface area contributed by atoms with Gasteiger partial charge < -0.3 is 4.90 Å². The first-order valence-electron chi connectivity index (χ1n) is 16.4. The first-order valence-corrected chi connectivity index (χ1v) is 17.2. The molecule has 224 valence electrons. The highest BCUT2D eigenvalue weighted by molar-refractivity contribution is 7.25. The van der Waals surface area contributed by atoms with Crippen molar-refractivity contribution in [2.75, 3.05) is 4.90 Å². The molecule has 0 unspecified atom stereocenters. The van der Waals surface area contributed by atoms with E-state index in [2.05, 4.69) is 181 Å². The molecular formula is C46H29NS. The fourth-order valence-corrected chi connectivity index (χ4v) is 8.69. The summed E-state index contributed by atoms with van der Waals surface area (Å²) in [4.78, 5) is 2.42. The van der Waals surface area contributed by atoms with E-state index in [4.69, 9.17) is 0 Å². The predicted octanol–water partition coefficient (Wildman–Crippen LogP) is 13.8. The topological polar surface area (TPSA) is 3.24 Å². The van der Waals surface area contributed by atoms with E-state index in [1.165, 1.54) is 74.4 Å². The number of anilines is 3. The predicted molar refractivity (Wildman–Crippen MR) is 209 cm³/mol. The lowest BCUT2D eigenvalue weighted by atomic mass is 9.94. The summed E-state index contributed by atoms with van der Waals surface area (Å²) >= 11 is 1.86. The van der Waals surface area contributed by atoms with E-state index in [1.54, 1.807) is 0 Å². The summed E-state index contributed by atoms with van der Waals surface area (Å²) in [5.41, 5.74) is 5.88. The molecule has 0 atom stereocenters. The second-order valence-corrected chi connectivity index (χ2v) is 13.6. The van der Waals surface area contributed by atoms with Crippen molar-refractivity contribution < 1.29 is 0 Å². The lowest BCUT2D eigenvalue weighted by Crippen LogP contribution is -2.10. The van der Waals surface area contributed by atoms with Gasteiger partial charge in [-0.3, -0.25) is 0 Å². The Morgan fingerprint density at radius 1 is 0.312 bits per heavy atom. The Morgan fingerprint density at radius 2 is 0.812 bits per heavy atom. The molecule has 0 saturated heterocycles. The van der Waals surface area contributed by atoms with Gasteiger partial charge in [-0.15, -0.1) is 11.3 Å². The summed E-state index contributed by atoms with van der Waals surface area (Å²) in [7, 11) is 0. The summed E-state index contributed by atoms with van der Waals surface area (Å²) in [6, 6.07) is 64.6. The molecule has 0 aliphatic heterocycles. The lowest BCUT2D eigenvalue weighted by molar-refractivity contribution is 1.30. The molecule has 0 amide bonds. The van der Waals surface area contributed by atoms with Crippen molar-refractivity contribution in [3.63, 3.8) is 0 Å². The first kappa shape index (κ1) is 27.2. The maximum Gasteiger partial charge on any atom is 0.0468 e. The van der Waals surface area contributed by atoms with Crippen LogP contribution >= 0.6 is 11.3 Å². The van der Waals surface area contributed by atoms with Gasteiger partial charge in [0.15, 0.2) is 0 Å². The molecule has 1 heterocycles. The second kappa shape index (κ2) is 10.8. The Hall–Kier alpha value is -5.96. The second-order valence-electron chi connectivity index (χ2n) is 12.5. The van der Waals surface area contributed by atoms with Crippen LogP contribution in [0.25, 0.3) is 74.4 Å². The van der Waals surface area contributed by atoms with Crippen molar-refractivity contribution in [3.05, 3.63) is 176 Å². The standard InChI is InChI=1S/C46H29NS/c1-2-12-35-30(10-1)11-9-18-36(35)31-20-22-32(23-21-31)47(34-25-27-46-44(29-34)42-17-7-8-19-45(42)48-46)33-24-26-41-39-15-4-3-13-37(39)38-14-5-6-16-40(38)43(41)28-33/h1-29H. The smallest absolute Gasteiger partial charge is 0.0468 e. The molecule has 0 spiro atoms. The average Bonchev–Trinajstić information content (AvgIpc) is 3.53. The maximum absolute atomic E-state index is 2.42. The van der Waals surface area contributed by atoms with Gasteiger partial charge in [-0.25, -0.2) is 0 Å². The SMILES string of the molecule is c1ccc2c(-c3ccc(N(c4ccc5sc6ccccc6c5c4)c4ccc5c6ccccc6c6ccccc6c5c4)cc3)cccc2c1. The molecule has 0 saturated carbocycles. The lowest BCUT2D eigenvalue weighted by Gasteiger charge is -2.26. The van der Waals surface area contributed by atoms with Gasteiger partial charge in [-0.1, -0.05) is 127 Å². The molecule has 1 nitrogen and oxygen atoms in total. The zero-order valence-corrected chi connectivity index (χ0v) is 26.9. The Labute approximate surface area is 282 Å². The molecule has 10 aromatic rings. The van der Waals surface area contributed by atoms with Gasteiger partial charge in [-0.05, 0) is 103 Å². The van der Waals surface area contributed by atoms with Crippen LogP contribution in [0, 0.1) is 0 Å². The minimum atomic E-state index is 1.13. The number of thiophene rings is 1. The van der Waals surface area contributed by atoms with Gasteiger partial charge in [0, 0.05) is 37.2 Å². The summed E-state index contributed by atoms with van der Waals surface area (Å²) < 4.78 is 2.63. The third-order valence-corrected chi connectivity index (χ3v) is 11.0. The van der Waals surface area contributed by atoms with E-state index in [0.29, 0.717) is 0 Å². The number of fused-ring (bicyclic) bond motifs is 10. The van der Waals surface area contributed by atoms with Crippen LogP contribution in [0.5, 0.6) is 0 Å². The van der Waals surface area contributed by atoms with Crippen molar-refractivity contribution >= 4 is 91.7 Å². The quantitative estimate of drug-likeness (QED) is 0.176. The van der Waals surface area contributed by atoms with Crippen molar-refractivity contribution in [2.24, 2.45) is 0 Å². The van der Waals surface area contributed by atoms with E-state index in [-0.39, 0.29) is 0 Å². The van der Waals surface area contributed by atoms with Crippen molar-refractivity contribution in [2.45, 2.75) is 0 Å². The highest BCUT2D eigenvalue weighted by Gasteiger charge is 2.17. The summed E-state index contributed by atoms with van der Waals surface area (Å²) in [6.07, 6.45) is 0. The van der Waals surface area contributed by atoms with Crippen LogP contribution in [0.2, 0.25) is 0 Å². The molecule has 0 aliphatic carbocycles. The minimum Gasteiger partial charge on any atom is -0.310 e. The van der Waals surface area contributed by atoms with Gasteiger partial charge >= 0.3 is 0 Å². The van der Waals surface area contributed by atoms with E-state index in [9.17, 15) is 0 Å². The molecule has 1 aromatic heterocycles. The van der Waals surface area contributed by atoms with E-state index in [1.807, 2.05) is 11.3 Å². The Kier molecular flexibility index (Phi) is 6.12. The molecule has 2 heteroatoms. The number of nitrogens with zero attached hydrogens (tertiary/aromatic N) is 1. The minimum absolute atomic E-state index is 1.13. The average molecular weight is 628 g/mol. The molecule has 0 radical (unpaired) electrons. The van der Waals surface area contributed by atoms with Gasteiger partial charge in [0.1, 0.15) is 0 Å². The van der Waals surface area contributed by atoms with Crippen LogP contribution in [0.3, 0.4) is 0 Å². The summed E-state index contributed by atoms with van der Waals surface area (Å²) in [5.74, 6) is 0. The monoisotopic (exact) mass is 627 g/mol. The molecular weight excluding hydrogens is 599 g/mol. The largest absolute Gasteiger partial charge is 0.310 e. The number of hydrogen-bond donors (Lipinski definition) is 0. The maximum atomic E-state index is 2.42. The van der Waals surface area contributed by atoms with Crippen LogP contribution in [0.15, 0.2) is 176 Å². The highest BCUT2D eigenvalue weighted by atomic mass is 32.1. The van der Waals surface area contributed by atoms with E-state index < -0.39 is 0 Å². The number of hydrogen-bond acceptors (Lipinski definition) is 2. The first-order chi connectivity index (χ1) is 23.8. The normalized spacial score (nSPS) is 11.8. The van der Waals surface area contributed by atoms with E-state index >= 15 is 0 Å². The number of rotatable bonds is 4. The third kappa shape index (κ3) is 4.24. The molecule has 0 N–H and O–H groups in total. The van der Waals surface area contributed by atoms with Gasteiger partial charge in [0.25, 0.3) is 0 Å². The van der Waals surface area contributed by atoms with Gasteiger partial charge in [0.05, 0.1) is 0 Å². The van der Waals surface area contributed by atoms with Crippen LogP contribution in [0.1, 0.15) is 0 Å². The summed E-state index contributed by atoms with van der Waals surface area (Å²) in [6.45, 7) is 0.